The average molecular weight is 380 g/mol. The van der Waals surface area contributed by atoms with E-state index in [-0.39, 0.29) is 11.8 Å². The molecule has 4 rings (SSSR count). The second-order valence-corrected chi connectivity index (χ2v) is 7.50. The van der Waals surface area contributed by atoms with Crippen LogP contribution in [0.4, 0.5) is 10.5 Å². The summed E-state index contributed by atoms with van der Waals surface area (Å²) in [6.45, 7) is 3.04. The molecule has 6 heteroatoms. The van der Waals surface area contributed by atoms with Crippen molar-refractivity contribution in [3.63, 3.8) is 0 Å². The van der Waals surface area contributed by atoms with Gasteiger partial charge >= 0.3 is 6.03 Å². The first kappa shape index (κ1) is 18.3. The van der Waals surface area contributed by atoms with Gasteiger partial charge in [0.15, 0.2) is 5.78 Å². The van der Waals surface area contributed by atoms with E-state index in [4.69, 9.17) is 9.47 Å². The Morgan fingerprint density at radius 2 is 1.93 bits per heavy atom. The molecular weight excluding hydrogens is 356 g/mol. The molecule has 146 valence electrons. The highest BCUT2D eigenvalue weighted by Crippen LogP contribution is 2.39. The van der Waals surface area contributed by atoms with Crippen LogP contribution >= 0.6 is 0 Å². The van der Waals surface area contributed by atoms with Gasteiger partial charge in [-0.3, -0.25) is 4.79 Å². The van der Waals surface area contributed by atoms with Gasteiger partial charge in [-0.05, 0) is 36.8 Å². The van der Waals surface area contributed by atoms with Crippen molar-refractivity contribution in [3.05, 3.63) is 53.6 Å². The minimum atomic E-state index is -0.511. The Morgan fingerprint density at radius 3 is 2.68 bits per heavy atom. The van der Waals surface area contributed by atoms with Gasteiger partial charge in [0, 0.05) is 25.9 Å². The molecule has 2 heterocycles. The van der Waals surface area contributed by atoms with E-state index in [1.807, 2.05) is 49.4 Å². The fourth-order valence-electron chi connectivity index (χ4n) is 3.95. The summed E-state index contributed by atoms with van der Waals surface area (Å²) in [7, 11) is 1.58. The van der Waals surface area contributed by atoms with Crippen LogP contribution in [0.15, 0.2) is 42.5 Å². The van der Waals surface area contributed by atoms with Gasteiger partial charge in [-0.25, -0.2) is 4.79 Å². The maximum Gasteiger partial charge on any atom is 0.321 e. The highest BCUT2D eigenvalue weighted by atomic mass is 16.5. The van der Waals surface area contributed by atoms with Crippen molar-refractivity contribution in [2.75, 3.05) is 25.5 Å². The van der Waals surface area contributed by atoms with Crippen molar-refractivity contribution in [1.82, 2.24) is 4.90 Å². The van der Waals surface area contributed by atoms with Crippen LogP contribution in [0.25, 0.3) is 0 Å². The summed E-state index contributed by atoms with van der Waals surface area (Å²) >= 11 is 0. The largest absolute Gasteiger partial charge is 0.495 e. The molecule has 1 saturated heterocycles. The number of hydrogen-bond acceptors (Lipinski definition) is 4. The number of para-hydroxylation sites is 1. The van der Waals surface area contributed by atoms with Crippen molar-refractivity contribution < 1.29 is 19.1 Å². The molecular formula is C22H24N2O4. The number of carbonyl (C=O) groups excluding carboxylic acids is 2. The summed E-state index contributed by atoms with van der Waals surface area (Å²) in [5, 5.41) is 2.94. The number of anilines is 1. The lowest BCUT2D eigenvalue weighted by Crippen LogP contribution is -2.53. The lowest BCUT2D eigenvalue weighted by Gasteiger charge is -2.43. The molecule has 0 atom stereocenters. The second kappa shape index (κ2) is 7.19. The maximum atomic E-state index is 12.7. The molecule has 2 amide bonds. The van der Waals surface area contributed by atoms with E-state index in [2.05, 4.69) is 5.32 Å². The van der Waals surface area contributed by atoms with Gasteiger partial charge in [-0.1, -0.05) is 18.2 Å². The number of amides is 2. The highest BCUT2D eigenvalue weighted by Gasteiger charge is 2.43. The number of methoxy groups -OCH3 is 1. The first-order chi connectivity index (χ1) is 13.5. The van der Waals surface area contributed by atoms with Gasteiger partial charge in [0.2, 0.25) is 0 Å². The molecule has 0 bridgehead atoms. The fourth-order valence-corrected chi connectivity index (χ4v) is 3.95. The molecule has 0 unspecified atom stereocenters. The topological polar surface area (TPSA) is 67.9 Å². The van der Waals surface area contributed by atoms with Crippen LogP contribution in [0, 0.1) is 6.92 Å². The third-order valence-electron chi connectivity index (χ3n) is 5.56. The second-order valence-electron chi connectivity index (χ2n) is 7.50. The van der Waals surface area contributed by atoms with Gasteiger partial charge < -0.3 is 19.7 Å². The Labute approximate surface area is 164 Å². The summed E-state index contributed by atoms with van der Waals surface area (Å²) in [6, 6.07) is 12.9. The van der Waals surface area contributed by atoms with Gasteiger partial charge in [-0.15, -0.1) is 0 Å². The van der Waals surface area contributed by atoms with E-state index in [9.17, 15) is 9.59 Å². The van der Waals surface area contributed by atoms with E-state index >= 15 is 0 Å². The van der Waals surface area contributed by atoms with Crippen LogP contribution < -0.4 is 14.8 Å². The minimum Gasteiger partial charge on any atom is -0.495 e. The number of ether oxygens (including phenoxy) is 2. The van der Waals surface area contributed by atoms with Crippen molar-refractivity contribution in [2.24, 2.45) is 0 Å². The summed E-state index contributed by atoms with van der Waals surface area (Å²) in [5.74, 6) is 1.40. The van der Waals surface area contributed by atoms with E-state index in [1.54, 1.807) is 12.0 Å². The van der Waals surface area contributed by atoms with E-state index < -0.39 is 5.60 Å². The average Bonchev–Trinajstić information content (AvgIpc) is 2.68. The predicted molar refractivity (Wildman–Crippen MR) is 106 cm³/mol. The Bertz CT molecular complexity index is 917. The molecule has 0 radical (unpaired) electrons. The Hall–Kier alpha value is -3.02. The SMILES string of the molecule is COc1ccc(C)cc1NC(=O)N1CCC2(CC1)CC(=O)c1ccccc1O2. The standard InChI is InChI=1S/C22H24N2O4/c1-15-7-8-20(27-2)17(13-15)23-21(26)24-11-9-22(10-12-24)14-18(25)16-5-3-4-6-19(16)28-22/h3-8,13H,9-12,14H2,1-2H3,(H,23,26). The first-order valence-corrected chi connectivity index (χ1v) is 9.51. The lowest BCUT2D eigenvalue weighted by atomic mass is 9.82. The van der Waals surface area contributed by atoms with Gasteiger partial charge in [-0.2, -0.15) is 0 Å². The van der Waals surface area contributed by atoms with Crippen LogP contribution in [-0.2, 0) is 0 Å². The van der Waals surface area contributed by atoms with Crippen LogP contribution in [0.5, 0.6) is 11.5 Å². The zero-order chi connectivity index (χ0) is 19.7. The third kappa shape index (κ3) is 3.42. The molecule has 6 nitrogen and oxygen atoms in total. The molecule has 2 aromatic rings. The number of urea groups is 1. The Balaban J connectivity index is 1.43. The highest BCUT2D eigenvalue weighted by molar-refractivity contribution is 6.00. The van der Waals surface area contributed by atoms with Crippen LogP contribution in [0.1, 0.15) is 35.2 Å². The monoisotopic (exact) mass is 380 g/mol. The molecule has 2 aromatic carbocycles. The Morgan fingerprint density at radius 1 is 1.18 bits per heavy atom. The predicted octanol–water partition coefficient (Wildman–Crippen LogP) is 4.04. The lowest BCUT2D eigenvalue weighted by molar-refractivity contribution is 0.000385. The van der Waals surface area contributed by atoms with Crippen LogP contribution in [0.3, 0.4) is 0 Å². The number of fused-ring (bicyclic) bond motifs is 1. The van der Waals surface area contributed by atoms with Gasteiger partial charge in [0.1, 0.15) is 17.1 Å². The zero-order valence-corrected chi connectivity index (χ0v) is 16.2. The summed E-state index contributed by atoms with van der Waals surface area (Å²) in [4.78, 5) is 27.0. The van der Waals surface area contributed by atoms with Gasteiger partial charge in [0.05, 0.1) is 24.8 Å². The summed E-state index contributed by atoms with van der Waals surface area (Å²) in [5.41, 5.74) is 1.84. The molecule has 0 aromatic heterocycles. The smallest absolute Gasteiger partial charge is 0.321 e. The van der Waals surface area contributed by atoms with Gasteiger partial charge in [0.25, 0.3) is 0 Å². The normalized spacial score (nSPS) is 17.6. The van der Waals surface area contributed by atoms with Crippen molar-refractivity contribution in [1.29, 1.82) is 0 Å². The third-order valence-corrected chi connectivity index (χ3v) is 5.56. The van der Waals surface area contributed by atoms with Crippen molar-refractivity contribution >= 4 is 17.5 Å². The molecule has 1 N–H and O–H groups in total. The number of benzene rings is 2. The van der Waals surface area contributed by atoms with Crippen molar-refractivity contribution in [3.8, 4) is 11.5 Å². The molecule has 1 fully saturated rings. The van der Waals surface area contributed by atoms with E-state index in [1.165, 1.54) is 0 Å². The van der Waals surface area contributed by atoms with Crippen molar-refractivity contribution in [2.45, 2.75) is 31.8 Å². The summed E-state index contributed by atoms with van der Waals surface area (Å²) < 4.78 is 11.6. The minimum absolute atomic E-state index is 0.115. The number of nitrogens with one attached hydrogen (secondary N) is 1. The number of ketones is 1. The quantitative estimate of drug-likeness (QED) is 0.854. The number of carbonyl (C=O) groups is 2. The molecule has 2 aliphatic heterocycles. The van der Waals surface area contributed by atoms with E-state index in [0.29, 0.717) is 55.1 Å². The summed E-state index contributed by atoms with van der Waals surface area (Å²) in [6.07, 6.45) is 1.63. The molecule has 0 saturated carbocycles. The Kier molecular flexibility index (Phi) is 4.71. The number of rotatable bonds is 2. The molecule has 28 heavy (non-hydrogen) atoms. The number of likely N-dealkylation sites (tertiary alicyclic amines) is 1. The van der Waals surface area contributed by atoms with Crippen LogP contribution in [0.2, 0.25) is 0 Å². The zero-order valence-electron chi connectivity index (χ0n) is 16.2. The number of piperidine rings is 1. The molecule has 0 aliphatic carbocycles. The number of aryl methyl sites for hydroxylation is 1. The maximum absolute atomic E-state index is 12.7. The van der Waals surface area contributed by atoms with Crippen LogP contribution in [-0.4, -0.2) is 42.5 Å². The molecule has 2 aliphatic rings. The number of hydrogen-bond donors (Lipinski definition) is 1. The van der Waals surface area contributed by atoms with E-state index in [0.717, 1.165) is 5.56 Å². The first-order valence-electron chi connectivity index (χ1n) is 9.51. The molecule has 1 spiro atoms. The number of Topliss-reactive ketones (excluding diaryl/α,β-unsaturated/α-hetero) is 1. The number of nitrogens with zero attached hydrogens (tertiary/aromatic N) is 1. The fraction of sp³-hybridized carbons (Fsp3) is 0.364.